The maximum atomic E-state index is 13.9. The van der Waals surface area contributed by atoms with E-state index >= 15 is 0 Å². The Morgan fingerprint density at radius 2 is 2.19 bits per heavy atom. The lowest BCUT2D eigenvalue weighted by Gasteiger charge is -2.18. The number of hydrogen-bond acceptors (Lipinski definition) is 2. The number of rotatable bonds is 8. The van der Waals surface area contributed by atoms with Crippen molar-refractivity contribution in [2.75, 3.05) is 6.54 Å². The van der Waals surface area contributed by atoms with Crippen molar-refractivity contribution in [2.24, 2.45) is 0 Å². The van der Waals surface area contributed by atoms with Crippen molar-refractivity contribution in [3.63, 3.8) is 0 Å². The zero-order valence-corrected chi connectivity index (χ0v) is 13.8. The number of thiophene rings is 1. The minimum atomic E-state index is -0.205. The zero-order chi connectivity index (χ0) is 15.1. The zero-order valence-electron chi connectivity index (χ0n) is 12.2. The molecule has 0 bridgehead atoms. The fourth-order valence-electron chi connectivity index (χ4n) is 2.50. The van der Waals surface area contributed by atoms with Gasteiger partial charge in [0.15, 0.2) is 0 Å². The van der Waals surface area contributed by atoms with Gasteiger partial charge in [0.25, 0.3) is 0 Å². The second kappa shape index (κ2) is 8.52. The number of nitrogens with one attached hydrogen (secondary N) is 1. The largest absolute Gasteiger partial charge is 0.314 e. The van der Waals surface area contributed by atoms with E-state index in [9.17, 15) is 4.39 Å². The summed E-state index contributed by atoms with van der Waals surface area (Å²) in [5.41, 5.74) is 0.737. The van der Waals surface area contributed by atoms with Crippen LogP contribution in [0.5, 0.6) is 0 Å². The average Bonchev–Trinajstić information content (AvgIpc) is 2.95. The highest BCUT2D eigenvalue weighted by molar-refractivity contribution is 7.09. The smallest absolute Gasteiger partial charge is 0.127 e. The summed E-state index contributed by atoms with van der Waals surface area (Å²) >= 11 is 7.60. The van der Waals surface area contributed by atoms with Crippen LogP contribution >= 0.6 is 22.9 Å². The third kappa shape index (κ3) is 5.42. The van der Waals surface area contributed by atoms with E-state index in [1.54, 1.807) is 23.5 Å². The van der Waals surface area contributed by atoms with Gasteiger partial charge < -0.3 is 5.32 Å². The van der Waals surface area contributed by atoms with E-state index in [1.807, 2.05) is 0 Å². The average molecular weight is 326 g/mol. The van der Waals surface area contributed by atoms with Crippen LogP contribution < -0.4 is 5.32 Å². The van der Waals surface area contributed by atoms with Crippen LogP contribution in [-0.4, -0.2) is 12.6 Å². The molecular formula is C17H21ClFNS. The summed E-state index contributed by atoms with van der Waals surface area (Å²) in [5, 5.41) is 6.02. The van der Waals surface area contributed by atoms with Crippen molar-refractivity contribution in [3.8, 4) is 0 Å². The van der Waals surface area contributed by atoms with Gasteiger partial charge in [-0.05, 0) is 61.4 Å². The standard InChI is InChI=1S/C17H21ClFNS/c1-2-20-15(5-3-6-16-7-4-10-21-16)11-13-8-9-14(18)12-17(13)19/h4,7-10,12,15,20H,2-3,5-6,11H2,1H3. The summed E-state index contributed by atoms with van der Waals surface area (Å²) in [6.45, 7) is 2.99. The van der Waals surface area contributed by atoms with Crippen molar-refractivity contribution in [1.29, 1.82) is 0 Å². The van der Waals surface area contributed by atoms with Crippen molar-refractivity contribution in [1.82, 2.24) is 5.32 Å². The van der Waals surface area contributed by atoms with E-state index < -0.39 is 0 Å². The Balaban J connectivity index is 1.88. The molecule has 4 heteroatoms. The fourth-order valence-corrected chi connectivity index (χ4v) is 3.41. The van der Waals surface area contributed by atoms with Crippen LogP contribution in [0.1, 0.15) is 30.2 Å². The molecule has 1 atom stereocenters. The highest BCUT2D eigenvalue weighted by Crippen LogP contribution is 2.18. The number of hydrogen-bond donors (Lipinski definition) is 1. The summed E-state index contributed by atoms with van der Waals surface area (Å²) in [5.74, 6) is -0.205. The van der Waals surface area contributed by atoms with Crippen LogP contribution in [0.2, 0.25) is 5.02 Å². The molecule has 0 spiro atoms. The van der Waals surface area contributed by atoms with E-state index in [-0.39, 0.29) is 5.82 Å². The molecule has 1 N–H and O–H groups in total. The molecule has 0 aliphatic heterocycles. The van der Waals surface area contributed by atoms with Gasteiger partial charge in [0, 0.05) is 15.9 Å². The van der Waals surface area contributed by atoms with E-state index in [0.29, 0.717) is 17.5 Å². The maximum Gasteiger partial charge on any atom is 0.127 e. The first-order valence-electron chi connectivity index (χ1n) is 7.38. The molecule has 2 rings (SSSR count). The first-order chi connectivity index (χ1) is 10.2. The molecule has 1 aromatic heterocycles. The van der Waals surface area contributed by atoms with Gasteiger partial charge in [-0.15, -0.1) is 11.3 Å². The summed E-state index contributed by atoms with van der Waals surface area (Å²) < 4.78 is 13.9. The number of likely N-dealkylation sites (N-methyl/N-ethyl adjacent to an activating group) is 1. The topological polar surface area (TPSA) is 12.0 Å². The minimum absolute atomic E-state index is 0.205. The Labute approximate surface area is 135 Å². The lowest BCUT2D eigenvalue weighted by molar-refractivity contribution is 0.467. The molecule has 1 nitrogen and oxygen atoms in total. The van der Waals surface area contributed by atoms with Gasteiger partial charge >= 0.3 is 0 Å². The minimum Gasteiger partial charge on any atom is -0.314 e. The van der Waals surface area contributed by atoms with Gasteiger partial charge in [0.1, 0.15) is 5.82 Å². The Hall–Kier alpha value is -0.900. The summed E-state index contributed by atoms with van der Waals surface area (Å²) in [6.07, 6.45) is 3.98. The first kappa shape index (κ1) is 16.5. The summed E-state index contributed by atoms with van der Waals surface area (Å²) in [7, 11) is 0. The van der Waals surface area contributed by atoms with Gasteiger partial charge in [0.2, 0.25) is 0 Å². The molecule has 0 fully saturated rings. The van der Waals surface area contributed by atoms with Gasteiger partial charge in [-0.1, -0.05) is 30.7 Å². The van der Waals surface area contributed by atoms with Gasteiger partial charge in [0.05, 0.1) is 0 Å². The Bertz CT molecular complexity index is 542. The number of halogens is 2. The molecule has 0 saturated heterocycles. The molecule has 21 heavy (non-hydrogen) atoms. The first-order valence-corrected chi connectivity index (χ1v) is 8.64. The summed E-state index contributed by atoms with van der Waals surface area (Å²) in [4.78, 5) is 1.42. The normalized spacial score (nSPS) is 12.5. The fraction of sp³-hybridized carbons (Fsp3) is 0.412. The number of benzene rings is 1. The van der Waals surface area contributed by atoms with E-state index in [4.69, 9.17) is 11.6 Å². The van der Waals surface area contributed by atoms with Crippen LogP contribution in [0.25, 0.3) is 0 Å². The second-order valence-corrected chi connectivity index (χ2v) is 6.63. The van der Waals surface area contributed by atoms with Gasteiger partial charge in [-0.3, -0.25) is 0 Å². The van der Waals surface area contributed by atoms with Crippen molar-refractivity contribution >= 4 is 22.9 Å². The Morgan fingerprint density at radius 3 is 2.86 bits per heavy atom. The Kier molecular flexibility index (Phi) is 6.68. The molecule has 1 unspecified atom stereocenters. The predicted molar refractivity (Wildman–Crippen MR) is 89.8 cm³/mol. The lowest BCUT2D eigenvalue weighted by atomic mass is 10.00. The lowest BCUT2D eigenvalue weighted by Crippen LogP contribution is -2.31. The van der Waals surface area contributed by atoms with Crippen LogP contribution in [0.3, 0.4) is 0 Å². The molecule has 0 amide bonds. The molecule has 1 heterocycles. The molecule has 1 aromatic carbocycles. The summed E-state index contributed by atoms with van der Waals surface area (Å²) in [6, 6.07) is 9.52. The van der Waals surface area contributed by atoms with Crippen molar-refractivity contribution in [2.45, 2.75) is 38.6 Å². The van der Waals surface area contributed by atoms with E-state index in [2.05, 4.69) is 29.8 Å². The third-order valence-corrected chi connectivity index (χ3v) is 4.70. The Morgan fingerprint density at radius 1 is 1.33 bits per heavy atom. The van der Waals surface area contributed by atoms with Crippen LogP contribution in [0.4, 0.5) is 4.39 Å². The monoisotopic (exact) mass is 325 g/mol. The van der Waals surface area contributed by atoms with Crippen LogP contribution in [0, 0.1) is 5.82 Å². The highest BCUT2D eigenvalue weighted by Gasteiger charge is 2.12. The highest BCUT2D eigenvalue weighted by atomic mass is 35.5. The van der Waals surface area contributed by atoms with Gasteiger partial charge in [-0.25, -0.2) is 4.39 Å². The van der Waals surface area contributed by atoms with E-state index in [0.717, 1.165) is 31.4 Å². The molecule has 2 aromatic rings. The third-order valence-electron chi connectivity index (χ3n) is 3.53. The predicted octanol–water partition coefficient (Wildman–Crippen LogP) is 5.08. The van der Waals surface area contributed by atoms with Crippen molar-refractivity contribution < 1.29 is 4.39 Å². The van der Waals surface area contributed by atoms with Crippen LogP contribution in [-0.2, 0) is 12.8 Å². The molecule has 114 valence electrons. The van der Waals surface area contributed by atoms with Gasteiger partial charge in [-0.2, -0.15) is 0 Å². The maximum absolute atomic E-state index is 13.9. The second-order valence-electron chi connectivity index (χ2n) is 5.17. The SMILES string of the molecule is CCNC(CCCc1cccs1)Cc1ccc(Cl)cc1F. The van der Waals surface area contributed by atoms with Crippen LogP contribution in [0.15, 0.2) is 35.7 Å². The van der Waals surface area contributed by atoms with E-state index in [1.165, 1.54) is 10.9 Å². The molecule has 0 aliphatic carbocycles. The molecule has 0 radical (unpaired) electrons. The quantitative estimate of drug-likeness (QED) is 0.713. The van der Waals surface area contributed by atoms with Crippen molar-refractivity contribution in [3.05, 3.63) is 57.0 Å². The molecule has 0 saturated carbocycles. The molecular weight excluding hydrogens is 305 g/mol. The molecule has 0 aliphatic rings. The number of aryl methyl sites for hydroxylation is 1.